The van der Waals surface area contributed by atoms with Gasteiger partial charge in [0.05, 0.1) is 0 Å². The largest absolute Gasteiger partial charge is 0.458 e. The summed E-state index contributed by atoms with van der Waals surface area (Å²) in [5.41, 5.74) is 19.8. The van der Waals surface area contributed by atoms with Crippen LogP contribution in [0.1, 0.15) is 67.3 Å². The van der Waals surface area contributed by atoms with E-state index in [4.69, 9.17) is 9.47 Å². The van der Waals surface area contributed by atoms with E-state index in [1.165, 1.54) is 115 Å². The molecule has 252 valence electrons. The van der Waals surface area contributed by atoms with Crippen molar-refractivity contribution in [2.75, 3.05) is 0 Å². The zero-order valence-corrected chi connectivity index (χ0v) is 31.3. The first-order valence-electron chi connectivity index (χ1n) is 19.4. The lowest BCUT2D eigenvalue weighted by Gasteiger charge is -2.38. The van der Waals surface area contributed by atoms with Crippen LogP contribution < -0.4 is 42.3 Å². The van der Waals surface area contributed by atoms with E-state index in [0.29, 0.717) is 11.8 Å². The molecule has 0 bridgehead atoms. The van der Waals surface area contributed by atoms with Crippen LogP contribution in [0, 0.1) is 20.8 Å². The third-order valence-corrected chi connectivity index (χ3v) is 13.0. The van der Waals surface area contributed by atoms with E-state index < -0.39 is 0 Å². The van der Waals surface area contributed by atoms with E-state index in [2.05, 4.69) is 139 Å². The topological polar surface area (TPSA) is 18.5 Å². The maximum Gasteiger partial charge on any atom is 0.252 e. The Bertz CT molecular complexity index is 3010. The van der Waals surface area contributed by atoms with Crippen molar-refractivity contribution in [2.45, 2.75) is 60.3 Å². The molecule has 0 spiro atoms. The number of hydrogen-bond donors (Lipinski definition) is 0. The van der Waals surface area contributed by atoms with Gasteiger partial charge in [0.1, 0.15) is 23.0 Å². The Labute approximate surface area is 311 Å². The molecule has 0 radical (unpaired) electrons. The molecule has 0 fully saturated rings. The van der Waals surface area contributed by atoms with Gasteiger partial charge in [-0.2, -0.15) is 0 Å². The fourth-order valence-electron chi connectivity index (χ4n) is 10.9. The molecule has 53 heavy (non-hydrogen) atoms. The predicted molar refractivity (Wildman–Crippen MR) is 226 cm³/mol. The number of ether oxygens (including phenoxy) is 2. The van der Waals surface area contributed by atoms with E-state index in [1.54, 1.807) is 0 Å². The fraction of sp³-hybridized carbons (Fsp3) is 0.184. The molecular formula is C49H38B2O2. The summed E-state index contributed by atoms with van der Waals surface area (Å²) in [5, 5.41) is 8.50. The van der Waals surface area contributed by atoms with Gasteiger partial charge in [-0.1, -0.05) is 93.2 Å². The zero-order valence-electron chi connectivity index (χ0n) is 31.3. The summed E-state index contributed by atoms with van der Waals surface area (Å²) in [6, 6.07) is 35.2. The van der Waals surface area contributed by atoms with Crippen LogP contribution in [0.5, 0.6) is 23.0 Å². The molecule has 0 aliphatic carbocycles. The van der Waals surface area contributed by atoms with E-state index in [9.17, 15) is 0 Å². The molecule has 0 atom stereocenters. The standard InChI is InChI=1S/C49H38B2O2/c1-23(2)28-20-31-35-15-27(7)18-43-49(35)51(37-13-12-25(5)16-41(37)53-43)39-22-33-29(24(3)4)19-30-34-14-26(6)17-42-48(34)50(36-10-8-9-11-40(36)52-42)38-21-32(28)47(45(31)39)46(33)44(30)38/h8-24H,1-7H3. The molecule has 0 unspecified atom stereocenters. The van der Waals surface area contributed by atoms with Gasteiger partial charge < -0.3 is 9.47 Å². The molecule has 4 aliphatic heterocycles. The molecule has 0 aromatic heterocycles. The predicted octanol–water partition coefficient (Wildman–Crippen LogP) is 8.96. The zero-order chi connectivity index (χ0) is 35.8. The van der Waals surface area contributed by atoms with Crippen molar-refractivity contribution in [1.29, 1.82) is 0 Å². The summed E-state index contributed by atoms with van der Waals surface area (Å²) in [5.74, 6) is 4.63. The van der Waals surface area contributed by atoms with E-state index in [0.717, 1.165) is 23.0 Å². The van der Waals surface area contributed by atoms with Crippen molar-refractivity contribution in [3.63, 3.8) is 0 Å². The van der Waals surface area contributed by atoms with Crippen LogP contribution >= 0.6 is 0 Å². The van der Waals surface area contributed by atoms with Crippen molar-refractivity contribution in [1.82, 2.24) is 0 Å². The molecule has 12 rings (SSSR count). The van der Waals surface area contributed by atoms with Crippen molar-refractivity contribution < 1.29 is 9.47 Å². The van der Waals surface area contributed by atoms with Gasteiger partial charge in [0.2, 0.25) is 0 Å². The highest BCUT2D eigenvalue weighted by Crippen LogP contribution is 2.50. The Balaban J connectivity index is 1.34. The third-order valence-electron chi connectivity index (χ3n) is 13.0. The summed E-state index contributed by atoms with van der Waals surface area (Å²) >= 11 is 0. The van der Waals surface area contributed by atoms with Gasteiger partial charge in [0.15, 0.2) is 0 Å². The highest BCUT2D eigenvalue weighted by Gasteiger charge is 2.44. The Morgan fingerprint density at radius 2 is 0.906 bits per heavy atom. The number of para-hydroxylation sites is 1. The molecule has 4 aliphatic rings. The molecule has 0 saturated carbocycles. The summed E-state index contributed by atoms with van der Waals surface area (Å²) in [6.45, 7) is 16.3. The smallest absolute Gasteiger partial charge is 0.252 e. The minimum atomic E-state index is 0.0920. The van der Waals surface area contributed by atoms with E-state index in [1.807, 2.05) is 0 Å². The minimum absolute atomic E-state index is 0.0920. The van der Waals surface area contributed by atoms with Crippen molar-refractivity contribution in [2.24, 2.45) is 0 Å². The quantitative estimate of drug-likeness (QED) is 0.134. The number of hydrogen-bond acceptors (Lipinski definition) is 2. The first-order valence-corrected chi connectivity index (χ1v) is 19.4. The minimum Gasteiger partial charge on any atom is -0.458 e. The highest BCUT2D eigenvalue weighted by atomic mass is 16.5. The molecular weight excluding hydrogens is 642 g/mol. The van der Waals surface area contributed by atoms with Gasteiger partial charge in [-0.3, -0.25) is 0 Å². The molecule has 0 N–H and O–H groups in total. The lowest BCUT2D eigenvalue weighted by Crippen LogP contribution is -2.58. The average molecular weight is 680 g/mol. The highest BCUT2D eigenvalue weighted by molar-refractivity contribution is 7.01. The lowest BCUT2D eigenvalue weighted by atomic mass is 9.31. The van der Waals surface area contributed by atoms with Crippen LogP contribution in [0.4, 0.5) is 0 Å². The van der Waals surface area contributed by atoms with Crippen LogP contribution in [-0.2, 0) is 0 Å². The Morgan fingerprint density at radius 3 is 1.45 bits per heavy atom. The van der Waals surface area contributed by atoms with Crippen LogP contribution in [-0.4, -0.2) is 13.4 Å². The second-order valence-electron chi connectivity index (χ2n) is 17.0. The maximum absolute atomic E-state index is 6.82. The van der Waals surface area contributed by atoms with E-state index in [-0.39, 0.29) is 13.4 Å². The molecule has 4 heterocycles. The SMILES string of the molecule is Cc1ccc2c(c1)Oc1cc(C)cc3c1B2c1cc2c(C(C)C)cc4c5c(cc6c(C(C)C)cc-3c1c6c25)B1c2ccccc2Oc2cc(C)cc-4c21. The number of fused-ring (bicyclic) bond motifs is 8. The molecule has 8 aromatic rings. The summed E-state index contributed by atoms with van der Waals surface area (Å²) in [7, 11) is 0. The van der Waals surface area contributed by atoms with Crippen LogP contribution in [0.25, 0.3) is 54.6 Å². The maximum atomic E-state index is 6.82. The average Bonchev–Trinajstić information content (AvgIpc) is 3.13. The number of aryl methyl sites for hydroxylation is 3. The van der Waals surface area contributed by atoms with Crippen molar-refractivity contribution in [3.05, 3.63) is 119 Å². The number of rotatable bonds is 2. The summed E-state index contributed by atoms with van der Waals surface area (Å²) < 4.78 is 13.6. The number of benzene rings is 8. The molecule has 2 nitrogen and oxygen atoms in total. The first-order chi connectivity index (χ1) is 25.7. The van der Waals surface area contributed by atoms with Gasteiger partial charge in [-0.15, -0.1) is 0 Å². The Kier molecular flexibility index (Phi) is 5.63. The lowest BCUT2D eigenvalue weighted by molar-refractivity contribution is 0.486. The Hall–Kier alpha value is -5.47. The van der Waals surface area contributed by atoms with Gasteiger partial charge in [0, 0.05) is 0 Å². The van der Waals surface area contributed by atoms with Gasteiger partial charge in [-0.25, -0.2) is 0 Å². The molecule has 0 saturated heterocycles. The van der Waals surface area contributed by atoms with Crippen LogP contribution in [0.3, 0.4) is 0 Å². The molecule has 4 heteroatoms. The molecule has 8 aromatic carbocycles. The van der Waals surface area contributed by atoms with Gasteiger partial charge >= 0.3 is 0 Å². The summed E-state index contributed by atoms with van der Waals surface area (Å²) in [4.78, 5) is 0. The van der Waals surface area contributed by atoms with Crippen LogP contribution in [0.2, 0.25) is 0 Å². The van der Waals surface area contributed by atoms with Gasteiger partial charge in [-0.05, 0) is 173 Å². The summed E-state index contributed by atoms with van der Waals surface area (Å²) in [6.07, 6.45) is 0. The second kappa shape index (κ2) is 9.94. The fourth-order valence-corrected chi connectivity index (χ4v) is 10.9. The van der Waals surface area contributed by atoms with Crippen molar-refractivity contribution >= 4 is 78.5 Å². The second-order valence-corrected chi connectivity index (χ2v) is 17.0. The third kappa shape index (κ3) is 3.67. The van der Waals surface area contributed by atoms with E-state index >= 15 is 0 Å². The first kappa shape index (κ1) is 30.0. The van der Waals surface area contributed by atoms with Crippen LogP contribution in [0.15, 0.2) is 91.0 Å². The molecule has 0 amide bonds. The van der Waals surface area contributed by atoms with Gasteiger partial charge in [0.25, 0.3) is 13.4 Å². The van der Waals surface area contributed by atoms with Crippen molar-refractivity contribution in [3.8, 4) is 45.3 Å². The normalized spacial score (nSPS) is 14.1. The Morgan fingerprint density at radius 1 is 0.415 bits per heavy atom. The monoisotopic (exact) mass is 680 g/mol.